The molecule has 0 saturated heterocycles. The summed E-state index contributed by atoms with van der Waals surface area (Å²) < 4.78 is 21.5. The molecule has 0 N–H and O–H groups in total. The summed E-state index contributed by atoms with van der Waals surface area (Å²) in [6.07, 6.45) is 8.44. The molecule has 4 aromatic carbocycles. The number of nitrogens with zero attached hydrogens (tertiary/aromatic N) is 2. The number of hydrogen-bond acceptors (Lipinski definition) is 5. The van der Waals surface area contributed by atoms with Crippen molar-refractivity contribution in [3.8, 4) is 28.4 Å². The Bertz CT molecular complexity index is 1880. The topological polar surface area (TPSA) is 52.4 Å². The molecule has 5 nitrogen and oxygen atoms in total. The third kappa shape index (κ3) is 9.32. The first-order valence-electron chi connectivity index (χ1n) is 19.9. The monoisotopic (exact) mass is 740 g/mol. The maximum atomic E-state index is 7.27. The van der Waals surface area contributed by atoms with Crippen LogP contribution in [0.1, 0.15) is 142 Å². The second kappa shape index (κ2) is 15.4. The molecule has 1 heterocycles. The summed E-state index contributed by atoms with van der Waals surface area (Å²) in [5, 5.41) is 0. The summed E-state index contributed by atoms with van der Waals surface area (Å²) in [7, 11) is 0. The summed E-state index contributed by atoms with van der Waals surface area (Å²) in [5.74, 6) is 2.28. The van der Waals surface area contributed by atoms with E-state index < -0.39 is 15.1 Å². The zero-order valence-corrected chi connectivity index (χ0v) is 36.0. The maximum absolute atomic E-state index is 7.27. The van der Waals surface area contributed by atoms with Crippen LogP contribution in [0.25, 0.3) is 11.1 Å². The smallest absolute Gasteiger partial charge is 0.577 e. The summed E-state index contributed by atoms with van der Waals surface area (Å²) in [6, 6.07) is 28.0. The lowest BCUT2D eigenvalue weighted by Gasteiger charge is -2.31. The molecule has 284 valence electrons. The van der Waals surface area contributed by atoms with Crippen LogP contribution in [0.15, 0.2) is 88.8 Å². The summed E-state index contributed by atoms with van der Waals surface area (Å²) in [4.78, 5) is 10.7. The molecule has 1 aliphatic carbocycles. The molecule has 1 saturated carbocycles. The highest BCUT2D eigenvalue weighted by Crippen LogP contribution is 2.42. The van der Waals surface area contributed by atoms with Gasteiger partial charge in [0.2, 0.25) is 0 Å². The average Bonchev–Trinajstić information content (AvgIpc) is 3.10. The average molecular weight is 741 g/mol. The Hall–Kier alpha value is -3.85. The summed E-state index contributed by atoms with van der Waals surface area (Å²) in [6.45, 7) is 27.1. The first-order valence-corrected chi connectivity index (χ1v) is 21.3. The molecule has 4 aromatic rings. The molecule has 0 bridgehead atoms. The van der Waals surface area contributed by atoms with Crippen LogP contribution in [0.5, 0.6) is 17.2 Å². The molecule has 1 fully saturated rings. The van der Waals surface area contributed by atoms with Gasteiger partial charge in [-0.05, 0) is 92.1 Å². The molecule has 54 heavy (non-hydrogen) atoms. The van der Waals surface area contributed by atoms with Crippen molar-refractivity contribution in [3.63, 3.8) is 0 Å². The molecule has 6 heteroatoms. The maximum Gasteiger partial charge on any atom is 1.20 e. The molecule has 2 unspecified atom stereocenters. The van der Waals surface area contributed by atoms with Crippen LogP contribution in [-0.2, 0) is 21.7 Å². The van der Waals surface area contributed by atoms with Crippen LogP contribution in [-0.4, -0.2) is 39.7 Å². The number of benzene rings is 4. The number of fused-ring (bicyclic) bond motifs is 3. The van der Waals surface area contributed by atoms with Crippen molar-refractivity contribution >= 4 is 27.6 Å². The van der Waals surface area contributed by atoms with Gasteiger partial charge in [0.15, 0.2) is 0 Å². The van der Waals surface area contributed by atoms with Crippen molar-refractivity contribution in [2.24, 2.45) is 9.98 Å². The largest absolute Gasteiger partial charge is 1.20 e. The van der Waals surface area contributed by atoms with Gasteiger partial charge in [0.1, 0.15) is 0 Å². The highest BCUT2D eigenvalue weighted by molar-refractivity contribution is 6.40. The molecule has 2 aliphatic rings. The molecular weight excluding hydrogens is 680 g/mol. The second-order valence-corrected chi connectivity index (χ2v) is 20.7. The van der Waals surface area contributed by atoms with E-state index in [2.05, 4.69) is 156 Å². The normalized spacial score (nSPS) is 18.2. The molecule has 6 rings (SSSR count). The number of hydrogen-bond donors (Lipinski definition) is 0. The fourth-order valence-corrected chi connectivity index (χ4v) is 8.70. The summed E-state index contributed by atoms with van der Waals surface area (Å²) in [5.41, 5.74) is 8.34. The number of aliphatic imine (C=N–C) groups is 2. The first-order chi connectivity index (χ1) is 25.3. The van der Waals surface area contributed by atoms with Gasteiger partial charge in [-0.1, -0.05) is 151 Å². The zero-order chi connectivity index (χ0) is 39.1. The number of rotatable bonds is 3. The lowest BCUT2D eigenvalue weighted by molar-refractivity contribution is 0.299. The van der Waals surface area contributed by atoms with Crippen LogP contribution in [0.3, 0.4) is 0 Å². The van der Waals surface area contributed by atoms with Gasteiger partial charge in [0.05, 0.1) is 29.3 Å². The lowest BCUT2D eigenvalue weighted by atomic mass is 9.79. The minimum Gasteiger partial charge on any atom is -0.577 e. The third-order valence-electron chi connectivity index (χ3n) is 10.7. The van der Waals surface area contributed by atoms with Crippen molar-refractivity contribution in [2.45, 2.75) is 143 Å². The molecule has 1 aliphatic heterocycles. The van der Waals surface area contributed by atoms with Gasteiger partial charge < -0.3 is 11.4 Å². The lowest BCUT2D eigenvalue weighted by Crippen LogP contribution is -2.39. The van der Waals surface area contributed by atoms with Crippen LogP contribution in [0.4, 0.5) is 0 Å². The zero-order valence-electron chi connectivity index (χ0n) is 34.8. The van der Waals surface area contributed by atoms with Gasteiger partial charge in [0.25, 0.3) is 0 Å². The van der Waals surface area contributed by atoms with E-state index in [0.717, 1.165) is 70.6 Å². The Morgan fingerprint density at radius 3 is 1.37 bits per heavy atom. The van der Waals surface area contributed by atoms with Crippen molar-refractivity contribution in [1.82, 2.24) is 0 Å². The Kier molecular flexibility index (Phi) is 11.3. The SMILES string of the molecule is CC(C)(C)c1cc2c(c(C(C)(C)C)c1)[O][Al]([O]c1ccc(-c3ccccc3)cc1)[O]c1c(cc(C(C)(C)C)cc1C(C)(C)C)C=NC1CCCCC1N=C2. The molecule has 0 radical (unpaired) electrons. The van der Waals surface area contributed by atoms with E-state index in [1.807, 2.05) is 18.2 Å². The Balaban J connectivity index is 1.59. The minimum absolute atomic E-state index is 0.0721. The Morgan fingerprint density at radius 1 is 0.537 bits per heavy atom. The van der Waals surface area contributed by atoms with Crippen molar-refractivity contribution < 1.29 is 11.4 Å². The predicted molar refractivity (Wildman–Crippen MR) is 228 cm³/mol. The Labute approximate surface area is 330 Å². The van der Waals surface area contributed by atoms with Crippen LogP contribution in [0.2, 0.25) is 0 Å². The van der Waals surface area contributed by atoms with Gasteiger partial charge in [-0.15, -0.1) is 0 Å². The minimum atomic E-state index is -3.06. The van der Waals surface area contributed by atoms with E-state index in [0.29, 0.717) is 5.75 Å². The molecular formula is C48H61AlN2O3. The van der Waals surface area contributed by atoms with Gasteiger partial charge in [-0.2, -0.15) is 0 Å². The van der Waals surface area contributed by atoms with E-state index in [1.54, 1.807) is 0 Å². The van der Waals surface area contributed by atoms with E-state index >= 15 is 0 Å². The van der Waals surface area contributed by atoms with Gasteiger partial charge in [-0.3, -0.25) is 9.98 Å². The highest BCUT2D eigenvalue weighted by atomic mass is 27.3. The van der Waals surface area contributed by atoms with E-state index in [-0.39, 0.29) is 33.7 Å². The standard InChI is InChI=1S/C36H54N2O2.C12H10O.Al/c1-33(2,3)25-17-23(31(39)27(19-25)35(7,8)9)21-37-29-15-13-14-16-30(29)38-22-24-18-26(34(4,5)6)20-28(32(24)40)36(10,11)12;13-12-8-6-11(7-9-12)10-4-2-1-3-5-10;/h17-22,29-30,39-40H,13-16H2,1-12H3;1-9,13H;/q;;+3/p-3. The van der Waals surface area contributed by atoms with E-state index in [1.165, 1.54) is 11.1 Å². The Morgan fingerprint density at radius 2 is 0.963 bits per heavy atom. The quantitative estimate of drug-likeness (QED) is 0.197. The second-order valence-electron chi connectivity index (χ2n) is 19.4. The van der Waals surface area contributed by atoms with Crippen LogP contribution >= 0.6 is 0 Å². The molecule has 0 spiro atoms. The summed E-state index contributed by atoms with van der Waals surface area (Å²) >= 11 is -3.06. The highest BCUT2D eigenvalue weighted by Gasteiger charge is 2.48. The predicted octanol–water partition coefficient (Wildman–Crippen LogP) is 12.2. The third-order valence-corrected chi connectivity index (χ3v) is 12.0. The molecule has 0 aromatic heterocycles. The van der Waals surface area contributed by atoms with Crippen LogP contribution in [0, 0.1) is 0 Å². The van der Waals surface area contributed by atoms with Gasteiger partial charge >= 0.3 is 15.1 Å². The first kappa shape index (κ1) is 39.8. The van der Waals surface area contributed by atoms with Crippen molar-refractivity contribution in [2.75, 3.05) is 0 Å². The van der Waals surface area contributed by atoms with Crippen molar-refractivity contribution in [3.05, 3.63) is 112 Å². The molecule has 0 amide bonds. The fraction of sp³-hybridized carbons (Fsp3) is 0.458. The van der Waals surface area contributed by atoms with Crippen LogP contribution < -0.4 is 11.4 Å². The van der Waals surface area contributed by atoms with Gasteiger partial charge in [0, 0.05) is 23.6 Å². The van der Waals surface area contributed by atoms with E-state index in [4.69, 9.17) is 21.4 Å². The van der Waals surface area contributed by atoms with Crippen molar-refractivity contribution in [1.29, 1.82) is 0 Å². The molecule has 2 atom stereocenters. The fourth-order valence-electron chi connectivity index (χ4n) is 7.26. The van der Waals surface area contributed by atoms with E-state index in [9.17, 15) is 0 Å². The van der Waals surface area contributed by atoms with Gasteiger partial charge in [-0.25, -0.2) is 0 Å².